The smallest absolute Gasteiger partial charge is 0.407 e. The van der Waals surface area contributed by atoms with E-state index in [9.17, 15) is 14.4 Å². The number of rotatable bonds is 8. The molecule has 1 aromatic carbocycles. The van der Waals surface area contributed by atoms with Gasteiger partial charge in [-0.15, -0.1) is 0 Å². The highest BCUT2D eigenvalue weighted by molar-refractivity contribution is 6.31. The molecule has 8 nitrogen and oxygen atoms in total. The molecule has 0 unspecified atom stereocenters. The Kier molecular flexibility index (Phi) is 8.87. The van der Waals surface area contributed by atoms with Gasteiger partial charge in [0.1, 0.15) is 11.4 Å². The number of carbonyl (C=O) groups is 3. The molecule has 3 N–H and O–H groups in total. The number of ether oxygens (including phenoxy) is 2. The number of hydrogen-bond acceptors (Lipinski definition) is 5. The number of alkyl carbamates (subject to hydrolysis) is 1. The van der Waals surface area contributed by atoms with E-state index in [2.05, 4.69) is 16.0 Å². The Morgan fingerprint density at radius 1 is 1.04 bits per heavy atom. The third-order valence-corrected chi connectivity index (χ3v) is 3.39. The third-order valence-electron chi connectivity index (χ3n) is 3.16. The van der Waals surface area contributed by atoms with Crippen LogP contribution >= 0.6 is 11.6 Å². The molecule has 9 heteroatoms. The third kappa shape index (κ3) is 9.14. The van der Waals surface area contributed by atoms with Gasteiger partial charge < -0.3 is 25.4 Å². The molecule has 0 atom stereocenters. The first-order valence-electron chi connectivity index (χ1n) is 8.47. The average molecular weight is 400 g/mol. The van der Waals surface area contributed by atoms with Crippen LogP contribution in [0.25, 0.3) is 0 Å². The molecule has 0 saturated heterocycles. The number of amides is 3. The minimum absolute atomic E-state index is 0.106. The monoisotopic (exact) mass is 399 g/mol. The topological polar surface area (TPSA) is 106 Å². The summed E-state index contributed by atoms with van der Waals surface area (Å²) < 4.78 is 10.2. The second-order valence-corrected chi connectivity index (χ2v) is 7.07. The summed E-state index contributed by atoms with van der Waals surface area (Å²) in [5.74, 6) is -0.190. The lowest BCUT2D eigenvalue weighted by atomic mass is 10.2. The quantitative estimate of drug-likeness (QED) is 0.580. The molecule has 0 bridgehead atoms. The van der Waals surface area contributed by atoms with Crippen molar-refractivity contribution in [3.8, 4) is 5.75 Å². The second kappa shape index (κ2) is 10.6. The van der Waals surface area contributed by atoms with E-state index >= 15 is 0 Å². The van der Waals surface area contributed by atoms with Crippen LogP contribution in [0, 0.1) is 0 Å². The number of carbonyl (C=O) groups excluding carboxylic acids is 3. The molecule has 1 rings (SSSR count). The van der Waals surface area contributed by atoms with E-state index < -0.39 is 11.7 Å². The van der Waals surface area contributed by atoms with Crippen LogP contribution in [0.2, 0.25) is 5.02 Å². The summed E-state index contributed by atoms with van der Waals surface area (Å²) >= 11 is 5.90. The van der Waals surface area contributed by atoms with Gasteiger partial charge in [-0.1, -0.05) is 11.6 Å². The number of methoxy groups -OCH3 is 1. The zero-order valence-electron chi connectivity index (χ0n) is 16.0. The van der Waals surface area contributed by atoms with Gasteiger partial charge in [-0.2, -0.15) is 0 Å². The van der Waals surface area contributed by atoms with Crippen LogP contribution in [-0.2, 0) is 9.53 Å². The number of hydrogen-bond donors (Lipinski definition) is 3. The van der Waals surface area contributed by atoms with Crippen molar-refractivity contribution < 1.29 is 23.9 Å². The molecule has 0 aliphatic carbocycles. The number of benzene rings is 1. The highest BCUT2D eigenvalue weighted by atomic mass is 35.5. The fraction of sp³-hybridized carbons (Fsp3) is 0.500. The Morgan fingerprint density at radius 3 is 2.33 bits per heavy atom. The molecule has 0 fully saturated rings. The van der Waals surface area contributed by atoms with Crippen LogP contribution in [0.15, 0.2) is 18.2 Å². The lowest BCUT2D eigenvalue weighted by Crippen LogP contribution is -2.37. The van der Waals surface area contributed by atoms with Crippen LogP contribution in [-0.4, -0.2) is 50.3 Å². The molecule has 0 heterocycles. The second-order valence-electron chi connectivity index (χ2n) is 6.63. The van der Waals surface area contributed by atoms with Gasteiger partial charge in [0, 0.05) is 31.1 Å². The first-order valence-corrected chi connectivity index (χ1v) is 8.85. The Labute approximate surface area is 163 Å². The molecule has 150 valence electrons. The van der Waals surface area contributed by atoms with Gasteiger partial charge >= 0.3 is 6.09 Å². The van der Waals surface area contributed by atoms with Gasteiger partial charge in [-0.05, 0) is 39.0 Å². The van der Waals surface area contributed by atoms with Crippen LogP contribution in [0.5, 0.6) is 5.75 Å². The summed E-state index contributed by atoms with van der Waals surface area (Å²) in [6, 6.07) is 4.75. The van der Waals surface area contributed by atoms with E-state index in [0.717, 1.165) is 0 Å². The molecule has 27 heavy (non-hydrogen) atoms. The summed E-state index contributed by atoms with van der Waals surface area (Å²) in [4.78, 5) is 35.3. The first kappa shape index (κ1) is 22.6. The fourth-order valence-corrected chi connectivity index (χ4v) is 2.18. The van der Waals surface area contributed by atoms with Gasteiger partial charge in [0.05, 0.1) is 12.7 Å². The van der Waals surface area contributed by atoms with Gasteiger partial charge in [0.15, 0.2) is 0 Å². The molecule has 0 aliphatic heterocycles. The highest BCUT2D eigenvalue weighted by Crippen LogP contribution is 2.22. The molecular weight excluding hydrogens is 374 g/mol. The maximum atomic E-state index is 12.2. The average Bonchev–Trinajstić information content (AvgIpc) is 2.56. The molecule has 3 amide bonds. The Bertz CT molecular complexity index is 673. The predicted octanol–water partition coefficient (Wildman–Crippen LogP) is 2.11. The van der Waals surface area contributed by atoms with Crippen LogP contribution in [0.4, 0.5) is 4.79 Å². The van der Waals surface area contributed by atoms with Gasteiger partial charge in [0.2, 0.25) is 5.91 Å². The molecule has 0 aliphatic rings. The van der Waals surface area contributed by atoms with Crippen molar-refractivity contribution in [2.45, 2.75) is 32.8 Å². The van der Waals surface area contributed by atoms with Crippen molar-refractivity contribution in [1.29, 1.82) is 0 Å². The van der Waals surface area contributed by atoms with E-state index in [0.29, 0.717) is 16.3 Å². The lowest BCUT2D eigenvalue weighted by Gasteiger charge is -2.19. The molecule has 0 radical (unpaired) electrons. The normalized spacial score (nSPS) is 10.7. The van der Waals surface area contributed by atoms with E-state index in [1.54, 1.807) is 32.9 Å². The summed E-state index contributed by atoms with van der Waals surface area (Å²) in [7, 11) is 1.46. The van der Waals surface area contributed by atoms with E-state index in [-0.39, 0.29) is 37.9 Å². The maximum Gasteiger partial charge on any atom is 0.407 e. The largest absolute Gasteiger partial charge is 0.496 e. The lowest BCUT2D eigenvalue weighted by molar-refractivity contribution is -0.120. The highest BCUT2D eigenvalue weighted by Gasteiger charge is 2.16. The minimum atomic E-state index is -0.587. The molecule has 0 spiro atoms. The van der Waals surface area contributed by atoms with Crippen molar-refractivity contribution in [2.75, 3.05) is 26.7 Å². The molecule has 0 aromatic heterocycles. The van der Waals surface area contributed by atoms with Crippen LogP contribution in [0.1, 0.15) is 37.6 Å². The van der Waals surface area contributed by atoms with Gasteiger partial charge in [0.25, 0.3) is 5.91 Å². The zero-order valence-corrected chi connectivity index (χ0v) is 16.7. The van der Waals surface area contributed by atoms with E-state index in [1.165, 1.54) is 13.2 Å². The summed E-state index contributed by atoms with van der Waals surface area (Å²) in [5.41, 5.74) is -0.270. The molecule has 1 aromatic rings. The minimum Gasteiger partial charge on any atom is -0.496 e. The van der Waals surface area contributed by atoms with Crippen molar-refractivity contribution in [2.24, 2.45) is 0 Å². The number of halogens is 1. The first-order chi connectivity index (χ1) is 12.6. The summed E-state index contributed by atoms with van der Waals surface area (Å²) in [6.45, 7) is 5.91. The van der Waals surface area contributed by atoms with E-state index in [4.69, 9.17) is 21.1 Å². The summed E-state index contributed by atoms with van der Waals surface area (Å²) in [5, 5.41) is 8.25. The standard InChI is InChI=1S/C18H26ClN3O5/c1-18(2,3)27-17(25)22-8-7-15(23)20-9-10-21-16(24)13-11-12(19)5-6-14(13)26-4/h5-6,11H,7-10H2,1-4H3,(H,20,23)(H,21,24)(H,22,25). The van der Waals surface area contributed by atoms with Gasteiger partial charge in [-0.25, -0.2) is 4.79 Å². The predicted molar refractivity (Wildman–Crippen MR) is 102 cm³/mol. The van der Waals surface area contributed by atoms with Crippen molar-refractivity contribution in [3.63, 3.8) is 0 Å². The van der Waals surface area contributed by atoms with Crippen molar-refractivity contribution in [3.05, 3.63) is 28.8 Å². The Hall–Kier alpha value is -2.48. The van der Waals surface area contributed by atoms with Crippen LogP contribution in [0.3, 0.4) is 0 Å². The maximum absolute atomic E-state index is 12.2. The fourth-order valence-electron chi connectivity index (χ4n) is 2.01. The van der Waals surface area contributed by atoms with Crippen molar-refractivity contribution >= 4 is 29.5 Å². The van der Waals surface area contributed by atoms with Crippen molar-refractivity contribution in [1.82, 2.24) is 16.0 Å². The van der Waals surface area contributed by atoms with Crippen LogP contribution < -0.4 is 20.7 Å². The number of nitrogens with one attached hydrogen (secondary N) is 3. The summed E-state index contributed by atoms with van der Waals surface area (Å²) in [6.07, 6.45) is -0.465. The van der Waals surface area contributed by atoms with E-state index in [1.807, 2.05) is 0 Å². The SMILES string of the molecule is COc1ccc(Cl)cc1C(=O)NCCNC(=O)CCNC(=O)OC(C)(C)C. The Morgan fingerprint density at radius 2 is 1.70 bits per heavy atom. The Balaban J connectivity index is 2.26. The molecular formula is C18H26ClN3O5. The zero-order chi connectivity index (χ0) is 20.4. The van der Waals surface area contributed by atoms with Gasteiger partial charge in [-0.3, -0.25) is 9.59 Å². The molecule has 0 saturated carbocycles.